The van der Waals surface area contributed by atoms with Crippen molar-refractivity contribution >= 4 is 23.8 Å². The minimum Gasteiger partial charge on any atom is -0.466 e. The summed E-state index contributed by atoms with van der Waals surface area (Å²) in [5.74, 6) is -1.15. The standard InChI is InChI=1S/C19H25N3O5/c1-2-27-17(24)9-6-12-20-16(23)13-22-18(25)15(21-19(22)26)11-10-14-7-4-3-5-8-14/h3-5,7-8,15H,2,6,9-13H2,1H3,(H,20,23)(H,21,26)/t15-/m1/s1. The zero-order chi connectivity index (χ0) is 19.6. The van der Waals surface area contributed by atoms with Crippen LogP contribution in [0.1, 0.15) is 31.7 Å². The first-order valence-corrected chi connectivity index (χ1v) is 9.09. The van der Waals surface area contributed by atoms with E-state index in [-0.39, 0.29) is 25.5 Å². The molecule has 2 rings (SSSR count). The average Bonchev–Trinajstić information content (AvgIpc) is 2.92. The third-order valence-corrected chi connectivity index (χ3v) is 4.16. The minimum absolute atomic E-state index is 0.207. The fourth-order valence-electron chi connectivity index (χ4n) is 2.77. The van der Waals surface area contributed by atoms with Gasteiger partial charge in [-0.2, -0.15) is 0 Å². The van der Waals surface area contributed by atoms with E-state index < -0.39 is 23.9 Å². The fourth-order valence-corrected chi connectivity index (χ4v) is 2.77. The number of aryl methyl sites for hydroxylation is 1. The number of hydrogen-bond donors (Lipinski definition) is 2. The Morgan fingerprint density at radius 2 is 1.96 bits per heavy atom. The Morgan fingerprint density at radius 1 is 1.22 bits per heavy atom. The van der Waals surface area contributed by atoms with Gasteiger partial charge < -0.3 is 15.4 Å². The molecule has 8 heteroatoms. The first-order chi connectivity index (χ1) is 13.0. The quantitative estimate of drug-likeness (QED) is 0.361. The first kappa shape index (κ1) is 20.4. The molecule has 1 aliphatic heterocycles. The lowest BCUT2D eigenvalue weighted by Crippen LogP contribution is -2.41. The summed E-state index contributed by atoms with van der Waals surface area (Å²) >= 11 is 0. The molecule has 2 N–H and O–H groups in total. The van der Waals surface area contributed by atoms with Crippen molar-refractivity contribution in [2.45, 2.75) is 38.6 Å². The molecule has 0 aliphatic carbocycles. The number of carbonyl (C=O) groups excluding carboxylic acids is 4. The Hall–Kier alpha value is -2.90. The highest BCUT2D eigenvalue weighted by atomic mass is 16.5. The Kier molecular flexibility index (Phi) is 7.79. The van der Waals surface area contributed by atoms with E-state index >= 15 is 0 Å². The molecular formula is C19H25N3O5. The lowest BCUT2D eigenvalue weighted by Gasteiger charge is -2.13. The lowest BCUT2D eigenvalue weighted by molar-refractivity contribution is -0.143. The maximum Gasteiger partial charge on any atom is 0.325 e. The number of benzene rings is 1. The third kappa shape index (κ3) is 6.40. The molecule has 1 aromatic carbocycles. The van der Waals surface area contributed by atoms with Gasteiger partial charge in [-0.1, -0.05) is 30.3 Å². The second-order valence-corrected chi connectivity index (χ2v) is 6.21. The number of hydrogen-bond acceptors (Lipinski definition) is 5. The average molecular weight is 375 g/mol. The van der Waals surface area contributed by atoms with Gasteiger partial charge in [0, 0.05) is 13.0 Å². The van der Waals surface area contributed by atoms with Crippen LogP contribution in [0.5, 0.6) is 0 Å². The zero-order valence-electron chi connectivity index (χ0n) is 15.4. The molecule has 146 valence electrons. The van der Waals surface area contributed by atoms with Crippen molar-refractivity contribution in [1.82, 2.24) is 15.5 Å². The predicted octanol–water partition coefficient (Wildman–Crippen LogP) is 0.999. The van der Waals surface area contributed by atoms with Crippen LogP contribution in [0.15, 0.2) is 30.3 Å². The summed E-state index contributed by atoms with van der Waals surface area (Å²) in [4.78, 5) is 48.4. The van der Waals surface area contributed by atoms with E-state index in [0.29, 0.717) is 25.9 Å². The van der Waals surface area contributed by atoms with Crippen molar-refractivity contribution in [2.24, 2.45) is 0 Å². The molecule has 0 spiro atoms. The molecule has 0 unspecified atom stereocenters. The van der Waals surface area contributed by atoms with Gasteiger partial charge in [0.25, 0.3) is 5.91 Å². The summed E-state index contributed by atoms with van der Waals surface area (Å²) < 4.78 is 4.79. The van der Waals surface area contributed by atoms with E-state index in [1.807, 2.05) is 30.3 Å². The van der Waals surface area contributed by atoms with Crippen molar-refractivity contribution < 1.29 is 23.9 Å². The van der Waals surface area contributed by atoms with Crippen LogP contribution in [0.3, 0.4) is 0 Å². The molecule has 8 nitrogen and oxygen atoms in total. The number of carbonyl (C=O) groups is 4. The van der Waals surface area contributed by atoms with Crippen molar-refractivity contribution in [1.29, 1.82) is 0 Å². The highest BCUT2D eigenvalue weighted by molar-refractivity contribution is 6.06. The maximum atomic E-state index is 12.4. The third-order valence-electron chi connectivity index (χ3n) is 4.16. The largest absolute Gasteiger partial charge is 0.466 e. The number of nitrogens with zero attached hydrogens (tertiary/aromatic N) is 1. The molecule has 0 bridgehead atoms. The van der Waals surface area contributed by atoms with E-state index in [1.165, 1.54) is 0 Å². The van der Waals surface area contributed by atoms with Crippen LogP contribution in [0.4, 0.5) is 4.79 Å². The van der Waals surface area contributed by atoms with Gasteiger partial charge in [0.05, 0.1) is 6.61 Å². The lowest BCUT2D eigenvalue weighted by atomic mass is 10.1. The molecule has 0 aromatic heterocycles. The van der Waals surface area contributed by atoms with Crippen LogP contribution in [0, 0.1) is 0 Å². The van der Waals surface area contributed by atoms with Crippen LogP contribution < -0.4 is 10.6 Å². The Labute approximate surface area is 158 Å². The van der Waals surface area contributed by atoms with Gasteiger partial charge >= 0.3 is 12.0 Å². The van der Waals surface area contributed by atoms with Crippen molar-refractivity contribution in [3.8, 4) is 0 Å². The molecule has 1 aliphatic rings. The maximum absolute atomic E-state index is 12.4. The van der Waals surface area contributed by atoms with Crippen LogP contribution >= 0.6 is 0 Å². The summed E-state index contributed by atoms with van der Waals surface area (Å²) in [7, 11) is 0. The van der Waals surface area contributed by atoms with Crippen LogP contribution in [-0.2, 0) is 25.5 Å². The smallest absolute Gasteiger partial charge is 0.325 e. The van der Waals surface area contributed by atoms with Gasteiger partial charge in [-0.15, -0.1) is 0 Å². The molecule has 1 fully saturated rings. The van der Waals surface area contributed by atoms with Crippen LogP contribution in [0.2, 0.25) is 0 Å². The van der Waals surface area contributed by atoms with Gasteiger partial charge in [0.1, 0.15) is 12.6 Å². The summed E-state index contributed by atoms with van der Waals surface area (Å²) in [6.07, 6.45) is 1.78. The number of ether oxygens (including phenoxy) is 1. The first-order valence-electron chi connectivity index (χ1n) is 9.09. The van der Waals surface area contributed by atoms with Crippen molar-refractivity contribution in [2.75, 3.05) is 19.7 Å². The summed E-state index contributed by atoms with van der Waals surface area (Å²) in [5.41, 5.74) is 1.08. The highest BCUT2D eigenvalue weighted by Crippen LogP contribution is 2.12. The minimum atomic E-state index is -0.616. The summed E-state index contributed by atoms with van der Waals surface area (Å²) in [6, 6.07) is 8.50. The molecular weight excluding hydrogens is 350 g/mol. The van der Waals surface area contributed by atoms with Gasteiger partial charge in [0.15, 0.2) is 0 Å². The number of amides is 4. The molecule has 0 saturated carbocycles. The normalized spacial score (nSPS) is 16.2. The van der Waals surface area contributed by atoms with E-state index in [1.54, 1.807) is 6.92 Å². The van der Waals surface area contributed by atoms with E-state index in [9.17, 15) is 19.2 Å². The Bertz CT molecular complexity index is 677. The fraction of sp³-hybridized carbons (Fsp3) is 0.474. The Balaban J connectivity index is 1.72. The predicted molar refractivity (Wildman–Crippen MR) is 97.7 cm³/mol. The topological polar surface area (TPSA) is 105 Å². The van der Waals surface area contributed by atoms with Crippen LogP contribution in [-0.4, -0.2) is 54.5 Å². The van der Waals surface area contributed by atoms with Gasteiger partial charge in [-0.05, 0) is 31.7 Å². The Morgan fingerprint density at radius 3 is 2.67 bits per heavy atom. The summed E-state index contributed by atoms with van der Waals surface area (Å²) in [5, 5.41) is 5.22. The number of esters is 1. The number of nitrogens with one attached hydrogen (secondary N) is 2. The number of imide groups is 1. The van der Waals surface area contributed by atoms with E-state index in [2.05, 4.69) is 10.6 Å². The second kappa shape index (κ2) is 10.3. The molecule has 0 radical (unpaired) electrons. The highest BCUT2D eigenvalue weighted by Gasteiger charge is 2.38. The molecule has 1 saturated heterocycles. The van der Waals surface area contributed by atoms with Crippen molar-refractivity contribution in [3.63, 3.8) is 0 Å². The number of rotatable bonds is 10. The molecule has 27 heavy (non-hydrogen) atoms. The van der Waals surface area contributed by atoms with Gasteiger partial charge in [0.2, 0.25) is 5.91 Å². The van der Waals surface area contributed by atoms with E-state index in [4.69, 9.17) is 4.74 Å². The zero-order valence-corrected chi connectivity index (χ0v) is 15.4. The SMILES string of the molecule is CCOC(=O)CCCNC(=O)CN1C(=O)N[C@H](CCc2ccccc2)C1=O. The monoisotopic (exact) mass is 375 g/mol. The molecule has 1 heterocycles. The van der Waals surface area contributed by atoms with Crippen molar-refractivity contribution in [3.05, 3.63) is 35.9 Å². The molecule has 4 amide bonds. The second-order valence-electron chi connectivity index (χ2n) is 6.21. The molecule has 1 aromatic rings. The van der Waals surface area contributed by atoms with Gasteiger partial charge in [-0.3, -0.25) is 19.3 Å². The van der Waals surface area contributed by atoms with E-state index in [0.717, 1.165) is 10.5 Å². The summed E-state index contributed by atoms with van der Waals surface area (Å²) in [6.45, 7) is 2.00. The van der Waals surface area contributed by atoms with Crippen LogP contribution in [0.25, 0.3) is 0 Å². The molecule has 1 atom stereocenters. The van der Waals surface area contributed by atoms with Gasteiger partial charge in [-0.25, -0.2) is 4.79 Å². The number of urea groups is 1.